The quantitative estimate of drug-likeness (QED) is 0.723. The van der Waals surface area contributed by atoms with Crippen LogP contribution in [0.4, 0.5) is 4.39 Å². The summed E-state index contributed by atoms with van der Waals surface area (Å²) in [5.74, 6) is 1.12. The van der Waals surface area contributed by atoms with Crippen molar-refractivity contribution in [2.24, 2.45) is 0 Å². The fourth-order valence-electron chi connectivity index (χ4n) is 2.55. The molecule has 0 saturated carbocycles. The van der Waals surface area contributed by atoms with Crippen LogP contribution in [-0.2, 0) is 12.8 Å². The van der Waals surface area contributed by atoms with Crippen molar-refractivity contribution < 1.29 is 13.5 Å². The monoisotopic (exact) mass is 295 g/mol. The molecule has 0 N–H and O–H groups in total. The first kappa shape index (κ1) is 14.2. The molecule has 0 aliphatic rings. The van der Waals surface area contributed by atoms with Crippen LogP contribution in [-0.4, -0.2) is 7.11 Å². The maximum Gasteiger partial charge on any atom is 0.134 e. The highest BCUT2D eigenvalue weighted by Gasteiger charge is 2.15. The van der Waals surface area contributed by atoms with Gasteiger partial charge in [0.1, 0.15) is 22.9 Å². The van der Waals surface area contributed by atoms with Crippen molar-refractivity contribution in [3.05, 3.63) is 65.2 Å². The van der Waals surface area contributed by atoms with Crippen LogP contribution < -0.4 is 4.74 Å². The Kier molecular flexibility index (Phi) is 3.80. The van der Waals surface area contributed by atoms with E-state index in [1.165, 1.54) is 12.1 Å². The summed E-state index contributed by atoms with van der Waals surface area (Å²) < 4.78 is 24.4. The second kappa shape index (κ2) is 5.90. The average Bonchev–Trinajstić information content (AvgIpc) is 2.84. The number of benzene rings is 2. The highest BCUT2D eigenvalue weighted by Crippen LogP contribution is 2.31. The zero-order valence-electron chi connectivity index (χ0n) is 12.1. The van der Waals surface area contributed by atoms with Crippen molar-refractivity contribution in [3.8, 4) is 11.8 Å². The molecule has 0 atom stereocenters. The lowest BCUT2D eigenvalue weighted by Crippen LogP contribution is -1.92. The molecule has 2 aromatic carbocycles. The molecule has 22 heavy (non-hydrogen) atoms. The molecule has 4 heteroatoms. The summed E-state index contributed by atoms with van der Waals surface area (Å²) in [7, 11) is 1.60. The highest BCUT2D eigenvalue weighted by molar-refractivity contribution is 5.84. The van der Waals surface area contributed by atoms with Crippen molar-refractivity contribution in [2.45, 2.75) is 12.8 Å². The predicted octanol–water partition coefficient (Wildman–Crippen LogP) is 4.24. The number of ether oxygens (including phenoxy) is 1. The third-order valence-electron chi connectivity index (χ3n) is 3.59. The Bertz CT molecular complexity index is 861. The molecule has 0 spiro atoms. The molecule has 3 rings (SSSR count). The molecule has 0 aliphatic heterocycles. The number of hydrogen-bond donors (Lipinski definition) is 0. The average molecular weight is 295 g/mol. The van der Waals surface area contributed by atoms with Crippen LogP contribution >= 0.6 is 0 Å². The summed E-state index contributed by atoms with van der Waals surface area (Å²) in [6, 6.07) is 14.1. The predicted molar refractivity (Wildman–Crippen MR) is 81.3 cm³/mol. The van der Waals surface area contributed by atoms with Gasteiger partial charge in [-0.25, -0.2) is 4.39 Å². The summed E-state index contributed by atoms with van der Waals surface area (Å²) in [6.45, 7) is 0. The van der Waals surface area contributed by atoms with E-state index in [2.05, 4.69) is 6.07 Å². The first-order valence-corrected chi connectivity index (χ1v) is 6.91. The Morgan fingerprint density at radius 1 is 1.23 bits per heavy atom. The van der Waals surface area contributed by atoms with Crippen molar-refractivity contribution >= 4 is 11.0 Å². The Hall–Kier alpha value is -2.80. The first-order valence-electron chi connectivity index (χ1n) is 6.91. The molecule has 110 valence electrons. The lowest BCUT2D eigenvalue weighted by molar-refractivity contribution is 0.415. The topological polar surface area (TPSA) is 46.2 Å². The summed E-state index contributed by atoms with van der Waals surface area (Å²) >= 11 is 0. The van der Waals surface area contributed by atoms with Gasteiger partial charge >= 0.3 is 0 Å². The van der Waals surface area contributed by atoms with Gasteiger partial charge in [-0.15, -0.1) is 0 Å². The third-order valence-corrected chi connectivity index (χ3v) is 3.59. The van der Waals surface area contributed by atoms with Crippen LogP contribution in [0, 0.1) is 17.1 Å². The molecule has 1 aromatic heterocycles. The number of hydrogen-bond acceptors (Lipinski definition) is 3. The van der Waals surface area contributed by atoms with E-state index in [1.807, 2.05) is 24.3 Å². The Balaban J connectivity index is 2.08. The van der Waals surface area contributed by atoms with E-state index in [1.54, 1.807) is 13.2 Å². The zero-order chi connectivity index (χ0) is 15.5. The summed E-state index contributed by atoms with van der Waals surface area (Å²) in [6.07, 6.45) is 0.691. The molecule has 3 aromatic rings. The van der Waals surface area contributed by atoms with Gasteiger partial charge in [-0.3, -0.25) is 0 Å². The van der Waals surface area contributed by atoms with Gasteiger partial charge in [-0.2, -0.15) is 5.26 Å². The van der Waals surface area contributed by atoms with Gasteiger partial charge in [0.2, 0.25) is 0 Å². The van der Waals surface area contributed by atoms with Gasteiger partial charge in [0.25, 0.3) is 0 Å². The van der Waals surface area contributed by atoms with E-state index in [0.29, 0.717) is 23.5 Å². The van der Waals surface area contributed by atoms with E-state index in [9.17, 15) is 4.39 Å². The molecular weight excluding hydrogens is 281 g/mol. The molecule has 3 nitrogen and oxygen atoms in total. The summed E-state index contributed by atoms with van der Waals surface area (Å²) in [5, 5.41) is 9.94. The lowest BCUT2D eigenvalue weighted by atomic mass is 10.0. The fraction of sp³-hybridized carbons (Fsp3) is 0.167. The van der Waals surface area contributed by atoms with Crippen LogP contribution in [0.3, 0.4) is 0 Å². The van der Waals surface area contributed by atoms with Gasteiger partial charge in [0.05, 0.1) is 19.6 Å². The van der Waals surface area contributed by atoms with Crippen molar-refractivity contribution in [2.75, 3.05) is 7.11 Å². The first-order chi connectivity index (χ1) is 10.7. The van der Waals surface area contributed by atoms with Crippen molar-refractivity contribution in [3.63, 3.8) is 0 Å². The maximum atomic E-state index is 13.3. The van der Waals surface area contributed by atoms with Crippen LogP contribution in [0.1, 0.15) is 16.9 Å². The zero-order valence-corrected chi connectivity index (χ0v) is 12.1. The number of rotatable bonds is 4. The number of nitrogens with zero attached hydrogens (tertiary/aromatic N) is 1. The highest BCUT2D eigenvalue weighted by atomic mass is 19.1. The van der Waals surface area contributed by atoms with E-state index >= 15 is 0 Å². The minimum Gasteiger partial charge on any atom is -0.497 e. The smallest absolute Gasteiger partial charge is 0.134 e. The van der Waals surface area contributed by atoms with Gasteiger partial charge in [-0.1, -0.05) is 12.1 Å². The van der Waals surface area contributed by atoms with Crippen molar-refractivity contribution in [1.29, 1.82) is 5.26 Å². The van der Waals surface area contributed by atoms with Gasteiger partial charge in [-0.05, 0) is 35.9 Å². The summed E-state index contributed by atoms with van der Waals surface area (Å²) in [5.41, 5.74) is 2.35. The van der Waals surface area contributed by atoms with E-state index in [0.717, 1.165) is 16.5 Å². The van der Waals surface area contributed by atoms with Crippen LogP contribution in [0.25, 0.3) is 11.0 Å². The number of fused-ring (bicyclic) bond motifs is 1. The summed E-state index contributed by atoms with van der Waals surface area (Å²) in [4.78, 5) is 0. The van der Waals surface area contributed by atoms with Crippen LogP contribution in [0.2, 0.25) is 0 Å². The Morgan fingerprint density at radius 3 is 2.82 bits per heavy atom. The second-order valence-electron chi connectivity index (χ2n) is 5.01. The number of furan rings is 1. The lowest BCUT2D eigenvalue weighted by Gasteiger charge is -2.01. The van der Waals surface area contributed by atoms with Gasteiger partial charge in [0, 0.05) is 17.4 Å². The van der Waals surface area contributed by atoms with E-state index < -0.39 is 0 Å². The van der Waals surface area contributed by atoms with Gasteiger partial charge in [0.15, 0.2) is 0 Å². The maximum absolute atomic E-state index is 13.3. The van der Waals surface area contributed by atoms with Crippen molar-refractivity contribution in [1.82, 2.24) is 0 Å². The molecule has 0 amide bonds. The minimum atomic E-state index is -0.280. The number of methoxy groups -OCH3 is 1. The van der Waals surface area contributed by atoms with Gasteiger partial charge < -0.3 is 9.15 Å². The number of nitriles is 1. The van der Waals surface area contributed by atoms with E-state index in [4.69, 9.17) is 14.4 Å². The molecule has 0 bridgehead atoms. The number of halogens is 1. The molecule has 0 saturated heterocycles. The second-order valence-corrected chi connectivity index (χ2v) is 5.01. The molecule has 0 fully saturated rings. The van der Waals surface area contributed by atoms with Crippen LogP contribution in [0.15, 0.2) is 46.9 Å². The standard InChI is InChI=1S/C18H14FNO2/c1-21-14-5-6-17-16(11-14)15(7-8-20)18(22-17)10-12-3-2-4-13(19)9-12/h2-6,9,11H,7,10H2,1H3. The molecule has 0 unspecified atom stereocenters. The largest absolute Gasteiger partial charge is 0.497 e. The molecule has 0 aliphatic carbocycles. The van der Waals surface area contributed by atoms with E-state index in [-0.39, 0.29) is 12.2 Å². The SMILES string of the molecule is COc1ccc2oc(Cc3cccc(F)c3)c(CC#N)c2c1. The third kappa shape index (κ3) is 2.66. The van der Waals surface area contributed by atoms with Crippen LogP contribution in [0.5, 0.6) is 5.75 Å². The normalized spacial score (nSPS) is 10.6. The molecule has 0 radical (unpaired) electrons. The molecular formula is C18H14FNO2. The minimum absolute atomic E-state index is 0.241. The Labute approximate surface area is 127 Å². The fourth-order valence-corrected chi connectivity index (χ4v) is 2.55. The molecule has 1 heterocycles. The Morgan fingerprint density at radius 2 is 2.09 bits per heavy atom.